The molecule has 2 aromatic rings. The lowest BCUT2D eigenvalue weighted by atomic mass is 10.1. The Kier molecular flexibility index (Phi) is 6.13. The second-order valence-corrected chi connectivity index (χ2v) is 6.59. The van der Waals surface area contributed by atoms with Crippen LogP contribution in [0, 0.1) is 11.7 Å². The Bertz CT molecular complexity index is 799. The summed E-state index contributed by atoms with van der Waals surface area (Å²) >= 11 is 5.90. The molecule has 2 N–H and O–H groups in total. The summed E-state index contributed by atoms with van der Waals surface area (Å²) in [6, 6.07) is 13.6. The van der Waals surface area contributed by atoms with Crippen LogP contribution in [0.1, 0.15) is 12.0 Å². The van der Waals surface area contributed by atoms with Gasteiger partial charge in [-0.1, -0.05) is 48.0 Å². The largest absolute Gasteiger partial charge is 0.445 e. The summed E-state index contributed by atoms with van der Waals surface area (Å²) in [4.78, 5) is 25.9. The highest BCUT2D eigenvalue weighted by Crippen LogP contribution is 2.24. The van der Waals surface area contributed by atoms with E-state index in [4.69, 9.17) is 16.3 Å². The number of carbonyl (C=O) groups is 2. The van der Waals surface area contributed by atoms with Gasteiger partial charge in [-0.25, -0.2) is 9.18 Å². The van der Waals surface area contributed by atoms with Crippen molar-refractivity contribution in [3.05, 3.63) is 64.9 Å². The lowest BCUT2D eigenvalue weighted by Crippen LogP contribution is -2.37. The summed E-state index contributed by atoms with van der Waals surface area (Å²) in [6.07, 6.45) is 0.0399. The number of halogens is 2. The van der Waals surface area contributed by atoms with E-state index in [0.29, 0.717) is 13.0 Å². The van der Waals surface area contributed by atoms with Crippen LogP contribution in [-0.2, 0) is 16.1 Å². The van der Waals surface area contributed by atoms with Gasteiger partial charge in [0.25, 0.3) is 0 Å². The summed E-state index contributed by atoms with van der Waals surface area (Å²) in [7, 11) is 0. The van der Waals surface area contributed by atoms with Gasteiger partial charge in [0.05, 0.1) is 10.9 Å². The minimum Gasteiger partial charge on any atom is -0.445 e. The van der Waals surface area contributed by atoms with Crippen LogP contribution in [0.4, 0.5) is 14.9 Å². The zero-order valence-electron chi connectivity index (χ0n) is 14.5. The molecule has 1 atom stereocenters. The van der Waals surface area contributed by atoms with E-state index in [1.807, 2.05) is 30.3 Å². The number of amides is 2. The number of hydrogen-bond acceptors (Lipinski definition) is 4. The van der Waals surface area contributed by atoms with E-state index < -0.39 is 17.8 Å². The molecule has 0 radical (unpaired) electrons. The van der Waals surface area contributed by atoms with Crippen LogP contribution in [0.5, 0.6) is 0 Å². The van der Waals surface area contributed by atoms with E-state index in [1.54, 1.807) is 0 Å². The predicted octanol–water partition coefficient (Wildman–Crippen LogP) is 3.58. The molecule has 2 aromatic carbocycles. The highest BCUT2D eigenvalue weighted by atomic mass is 35.5. The van der Waals surface area contributed by atoms with Gasteiger partial charge in [0.1, 0.15) is 18.1 Å². The number of hydrazine groups is 1. The molecule has 0 spiro atoms. The Morgan fingerprint density at radius 3 is 2.70 bits per heavy atom. The van der Waals surface area contributed by atoms with Gasteiger partial charge in [-0.2, -0.15) is 0 Å². The molecule has 0 bridgehead atoms. The fraction of sp³-hybridized carbons (Fsp3) is 0.263. The molecule has 1 heterocycles. The van der Waals surface area contributed by atoms with E-state index in [-0.39, 0.29) is 29.8 Å². The first-order valence-electron chi connectivity index (χ1n) is 8.50. The van der Waals surface area contributed by atoms with Crippen LogP contribution in [0.3, 0.4) is 0 Å². The molecule has 0 aromatic heterocycles. The number of nitrogens with one attached hydrogen (secondary N) is 2. The van der Waals surface area contributed by atoms with Gasteiger partial charge in [0.15, 0.2) is 0 Å². The molecule has 3 rings (SSSR count). The third-order valence-corrected chi connectivity index (χ3v) is 4.61. The zero-order chi connectivity index (χ0) is 19.2. The van der Waals surface area contributed by atoms with Crippen LogP contribution >= 0.6 is 11.6 Å². The Labute approximate surface area is 161 Å². The maximum Gasteiger partial charge on any atom is 0.410 e. The molecule has 0 saturated carbocycles. The molecule has 1 fully saturated rings. The molecule has 6 nitrogen and oxygen atoms in total. The third-order valence-electron chi connectivity index (χ3n) is 4.30. The second kappa shape index (κ2) is 8.73. The molecule has 0 aliphatic carbocycles. The number of carbonyl (C=O) groups excluding carboxylic acids is 2. The van der Waals surface area contributed by atoms with Crippen molar-refractivity contribution in [2.45, 2.75) is 13.0 Å². The molecule has 1 aliphatic heterocycles. The van der Waals surface area contributed by atoms with E-state index in [9.17, 15) is 14.0 Å². The van der Waals surface area contributed by atoms with Crippen molar-refractivity contribution >= 4 is 29.3 Å². The van der Waals surface area contributed by atoms with Crippen molar-refractivity contribution in [1.29, 1.82) is 0 Å². The van der Waals surface area contributed by atoms with E-state index in [0.717, 1.165) is 5.56 Å². The first kappa shape index (κ1) is 19.0. The highest BCUT2D eigenvalue weighted by molar-refractivity contribution is 6.33. The quantitative estimate of drug-likeness (QED) is 0.764. The Morgan fingerprint density at radius 1 is 1.19 bits per heavy atom. The molecule has 8 heteroatoms. The summed E-state index contributed by atoms with van der Waals surface area (Å²) in [5.41, 5.74) is 5.85. The average Bonchev–Trinajstić information content (AvgIpc) is 3.17. The lowest BCUT2D eigenvalue weighted by Gasteiger charge is -2.17. The van der Waals surface area contributed by atoms with Gasteiger partial charge in [-0.05, 0) is 24.1 Å². The number of benzene rings is 2. The van der Waals surface area contributed by atoms with Gasteiger partial charge >= 0.3 is 6.09 Å². The summed E-state index contributed by atoms with van der Waals surface area (Å²) in [5, 5.41) is 0.160. The second-order valence-electron chi connectivity index (χ2n) is 6.18. The van der Waals surface area contributed by atoms with Crippen molar-refractivity contribution in [2.75, 3.05) is 18.5 Å². The zero-order valence-corrected chi connectivity index (χ0v) is 15.2. The van der Waals surface area contributed by atoms with Crippen LogP contribution < -0.4 is 10.9 Å². The Morgan fingerprint density at radius 2 is 1.96 bits per heavy atom. The minimum atomic E-state index is -0.569. The highest BCUT2D eigenvalue weighted by Gasteiger charge is 2.32. The summed E-state index contributed by atoms with van der Waals surface area (Å²) < 4.78 is 19.0. The topological polar surface area (TPSA) is 70.7 Å². The van der Waals surface area contributed by atoms with Gasteiger partial charge in [0, 0.05) is 13.1 Å². The van der Waals surface area contributed by atoms with E-state index in [2.05, 4.69) is 10.9 Å². The van der Waals surface area contributed by atoms with Gasteiger partial charge in [0.2, 0.25) is 5.91 Å². The van der Waals surface area contributed by atoms with Gasteiger partial charge in [-0.15, -0.1) is 0 Å². The van der Waals surface area contributed by atoms with Crippen LogP contribution in [0.15, 0.2) is 48.5 Å². The van der Waals surface area contributed by atoms with Crippen molar-refractivity contribution in [2.24, 2.45) is 5.92 Å². The maximum absolute atomic E-state index is 13.7. The van der Waals surface area contributed by atoms with Gasteiger partial charge in [-0.3, -0.25) is 15.6 Å². The van der Waals surface area contributed by atoms with Crippen molar-refractivity contribution < 1.29 is 18.7 Å². The van der Waals surface area contributed by atoms with Crippen LogP contribution in [0.25, 0.3) is 0 Å². The average molecular weight is 392 g/mol. The first-order valence-corrected chi connectivity index (χ1v) is 8.88. The number of anilines is 1. The van der Waals surface area contributed by atoms with E-state index in [1.165, 1.54) is 23.1 Å². The predicted molar refractivity (Wildman–Crippen MR) is 99.5 cm³/mol. The standard InChI is InChI=1S/C19H19ClFN3O3/c20-15-7-4-8-16(21)17(15)22-23-18(25)14-9-10-24(11-14)19(26)27-12-13-5-2-1-3-6-13/h1-8,14,22H,9-12H2,(H,23,25). The number of para-hydroxylation sites is 1. The van der Waals surface area contributed by atoms with Gasteiger partial charge < -0.3 is 9.64 Å². The summed E-state index contributed by atoms with van der Waals surface area (Å²) in [6.45, 7) is 0.846. The lowest BCUT2D eigenvalue weighted by molar-refractivity contribution is -0.124. The first-order chi connectivity index (χ1) is 13.0. The van der Waals surface area contributed by atoms with Crippen molar-refractivity contribution in [3.63, 3.8) is 0 Å². The van der Waals surface area contributed by atoms with Crippen molar-refractivity contribution in [3.8, 4) is 0 Å². The molecule has 142 valence electrons. The SMILES string of the molecule is O=C(NNc1c(F)cccc1Cl)C1CCN(C(=O)OCc2ccccc2)C1. The Hall–Kier alpha value is -2.80. The normalized spacial score (nSPS) is 16.1. The smallest absolute Gasteiger partial charge is 0.410 e. The van der Waals surface area contributed by atoms with E-state index >= 15 is 0 Å². The number of ether oxygens (including phenoxy) is 1. The molecule has 1 aliphatic rings. The number of hydrogen-bond donors (Lipinski definition) is 2. The molecular formula is C19H19ClFN3O3. The monoisotopic (exact) mass is 391 g/mol. The molecule has 1 unspecified atom stereocenters. The van der Waals surface area contributed by atoms with Crippen molar-refractivity contribution in [1.82, 2.24) is 10.3 Å². The Balaban J connectivity index is 1.47. The fourth-order valence-electron chi connectivity index (χ4n) is 2.79. The molecule has 1 saturated heterocycles. The third kappa shape index (κ3) is 4.89. The maximum atomic E-state index is 13.7. The fourth-order valence-corrected chi connectivity index (χ4v) is 3.00. The number of nitrogens with zero attached hydrogens (tertiary/aromatic N) is 1. The molecular weight excluding hydrogens is 373 g/mol. The van der Waals surface area contributed by atoms with Crippen LogP contribution in [0.2, 0.25) is 5.02 Å². The van der Waals surface area contributed by atoms with Crippen LogP contribution in [-0.4, -0.2) is 30.0 Å². The molecule has 27 heavy (non-hydrogen) atoms. The molecule has 2 amide bonds. The summed E-state index contributed by atoms with van der Waals surface area (Å²) in [5.74, 6) is -1.32. The minimum absolute atomic E-state index is 0.00430. The number of likely N-dealkylation sites (tertiary alicyclic amines) is 1. The number of rotatable bonds is 5.